The van der Waals surface area contributed by atoms with Gasteiger partial charge in [0.25, 0.3) is 0 Å². The maximum Gasteiger partial charge on any atom is 0.226 e. The zero-order valence-electron chi connectivity index (χ0n) is 35.1. The molecule has 3 rings (SSSR count). The molecule has 0 radical (unpaired) electrons. The monoisotopic (exact) mass is 791 g/mol. The van der Waals surface area contributed by atoms with Gasteiger partial charge in [0, 0.05) is 55.8 Å². The Hall–Kier alpha value is -4.09. The summed E-state index contributed by atoms with van der Waals surface area (Å²) in [6.45, 7) is 6.16. The number of amides is 2. The summed E-state index contributed by atoms with van der Waals surface area (Å²) >= 11 is 0. The Morgan fingerprint density at radius 1 is 0.860 bits per heavy atom. The molecule has 1 heterocycles. The number of nitrogens with zero attached hydrogens (tertiary/aromatic N) is 1. The van der Waals surface area contributed by atoms with Gasteiger partial charge in [-0.15, -0.1) is 0 Å². The largest absolute Gasteiger partial charge is 0.507 e. The van der Waals surface area contributed by atoms with Crippen molar-refractivity contribution in [2.45, 2.75) is 148 Å². The van der Waals surface area contributed by atoms with E-state index in [2.05, 4.69) is 12.2 Å². The molecule has 6 N–H and O–H groups in total. The van der Waals surface area contributed by atoms with Crippen LogP contribution in [0.2, 0.25) is 0 Å². The van der Waals surface area contributed by atoms with E-state index in [0.717, 1.165) is 19.3 Å². The number of hydrogen-bond donors (Lipinski definition) is 4. The molecule has 0 aliphatic carbocycles. The number of phenolic OH excluding ortho intramolecular Hbond substituents is 1. The van der Waals surface area contributed by atoms with Gasteiger partial charge >= 0.3 is 0 Å². The number of ether oxygens (including phenoxy) is 1. The second kappa shape index (κ2) is 25.3. The average Bonchev–Trinajstić information content (AvgIpc) is 3.18. The van der Waals surface area contributed by atoms with Gasteiger partial charge in [0.1, 0.15) is 29.9 Å². The van der Waals surface area contributed by atoms with Crippen LogP contribution in [0.25, 0.3) is 11.1 Å². The molecule has 1 aliphatic heterocycles. The van der Waals surface area contributed by atoms with E-state index in [9.17, 15) is 29.1 Å². The molecule has 11 nitrogen and oxygen atoms in total. The van der Waals surface area contributed by atoms with Gasteiger partial charge in [0.05, 0.1) is 6.04 Å². The van der Waals surface area contributed by atoms with Crippen molar-refractivity contribution < 1.29 is 33.8 Å². The zero-order chi connectivity index (χ0) is 41.7. The number of phenols is 1. The van der Waals surface area contributed by atoms with Crippen LogP contribution in [0.5, 0.6) is 11.5 Å². The van der Waals surface area contributed by atoms with Crippen molar-refractivity contribution in [3.63, 3.8) is 0 Å². The van der Waals surface area contributed by atoms with E-state index in [1.54, 1.807) is 44.3 Å². The number of aromatic hydroxyl groups is 1. The lowest BCUT2D eigenvalue weighted by atomic mass is 9.88. The van der Waals surface area contributed by atoms with E-state index in [-0.39, 0.29) is 61.4 Å². The molecule has 4 atom stereocenters. The number of nitrogens with two attached hydrogens (primary N) is 2. The Balaban J connectivity index is 1.91. The first kappa shape index (κ1) is 47.3. The number of ketones is 3. The molecular weight excluding hydrogens is 721 g/mol. The highest BCUT2D eigenvalue weighted by atomic mass is 16.5. The highest BCUT2D eigenvalue weighted by Crippen LogP contribution is 2.40. The van der Waals surface area contributed by atoms with E-state index < -0.39 is 29.8 Å². The van der Waals surface area contributed by atoms with Gasteiger partial charge in [-0.1, -0.05) is 96.6 Å². The number of fused-ring (bicyclic) bond motifs is 5. The second-order valence-corrected chi connectivity index (χ2v) is 16.1. The maximum absolute atomic E-state index is 14.5. The molecule has 0 fully saturated rings. The maximum atomic E-state index is 14.5. The Kier molecular flexibility index (Phi) is 21.0. The highest BCUT2D eigenvalue weighted by molar-refractivity contribution is 5.96. The molecule has 0 saturated heterocycles. The molecule has 11 heteroatoms. The summed E-state index contributed by atoms with van der Waals surface area (Å²) in [5.74, 6) is -2.46. The number of rotatable bonds is 24. The first-order valence-corrected chi connectivity index (χ1v) is 21.5. The Morgan fingerprint density at radius 2 is 1.53 bits per heavy atom. The molecule has 2 aromatic rings. The number of benzene rings is 2. The van der Waals surface area contributed by atoms with Gasteiger partial charge in [-0.2, -0.15) is 0 Å². The predicted octanol–water partition coefficient (Wildman–Crippen LogP) is 7.53. The van der Waals surface area contributed by atoms with Crippen molar-refractivity contribution in [3.05, 3.63) is 47.5 Å². The molecule has 57 heavy (non-hydrogen) atoms. The summed E-state index contributed by atoms with van der Waals surface area (Å²) in [4.78, 5) is 69.9. The van der Waals surface area contributed by atoms with Crippen molar-refractivity contribution in [2.75, 3.05) is 26.7 Å². The Morgan fingerprint density at radius 3 is 2.16 bits per heavy atom. The number of carbonyl (C=O) groups is 5. The number of carbonyl (C=O) groups excluding carboxylic acids is 5. The van der Waals surface area contributed by atoms with Gasteiger partial charge in [-0.3, -0.25) is 24.0 Å². The third kappa shape index (κ3) is 15.3. The van der Waals surface area contributed by atoms with Gasteiger partial charge in [0.2, 0.25) is 11.8 Å². The van der Waals surface area contributed by atoms with Crippen LogP contribution in [0.1, 0.15) is 147 Å². The zero-order valence-corrected chi connectivity index (χ0v) is 35.1. The summed E-state index contributed by atoms with van der Waals surface area (Å²) in [6, 6.07) is 8.13. The predicted molar refractivity (Wildman–Crippen MR) is 226 cm³/mol. The Bertz CT molecular complexity index is 1610. The number of hydrogen-bond acceptors (Lipinski definition) is 9. The van der Waals surface area contributed by atoms with E-state index in [1.165, 1.54) is 69.3 Å². The van der Waals surface area contributed by atoms with Crippen molar-refractivity contribution >= 4 is 29.2 Å². The van der Waals surface area contributed by atoms with Gasteiger partial charge in [-0.25, -0.2) is 0 Å². The van der Waals surface area contributed by atoms with Crippen molar-refractivity contribution in [1.29, 1.82) is 0 Å². The molecule has 0 unspecified atom stereocenters. The number of likely N-dealkylation sites (N-methyl/N-ethyl adjacent to an activating group) is 1. The minimum Gasteiger partial charge on any atom is -0.507 e. The average molecular weight is 791 g/mol. The van der Waals surface area contributed by atoms with Crippen LogP contribution in [0, 0.1) is 11.8 Å². The number of unbranched alkanes of at least 4 members (excludes halogenated alkanes) is 11. The fraction of sp³-hybridized carbons (Fsp3) is 0.630. The van der Waals surface area contributed by atoms with Crippen molar-refractivity contribution in [3.8, 4) is 22.6 Å². The van der Waals surface area contributed by atoms with Crippen molar-refractivity contribution in [1.82, 2.24) is 10.2 Å². The van der Waals surface area contributed by atoms with Crippen LogP contribution in [-0.2, 0) is 30.4 Å². The topological polar surface area (TPSA) is 182 Å². The first-order valence-electron chi connectivity index (χ1n) is 21.5. The summed E-state index contributed by atoms with van der Waals surface area (Å²) in [6.07, 6.45) is 15.3. The van der Waals surface area contributed by atoms with E-state index in [1.807, 2.05) is 0 Å². The molecular formula is C46H70N4O7. The fourth-order valence-corrected chi connectivity index (χ4v) is 7.75. The smallest absolute Gasteiger partial charge is 0.226 e. The molecule has 2 aromatic carbocycles. The standard InChI is InChI=1S/C46H70N4O7/c1-5-6-7-8-9-10-11-12-13-14-15-19-37(52)30-36(18-16-17-24-47)46(56)50(4)44-35-21-23-43(57-26-25-48)39(31-35)38-28-34(20-22-41(38)53)29-40(33(3)51)49-45(55)32(2)27-42(44)54/h20-23,28,31-32,36,40,44,53H,5-19,24-27,29-30,47-48H2,1-4H3,(H,49,55)/t32-,36-,40+,44+/m1/s1. The summed E-state index contributed by atoms with van der Waals surface area (Å²) in [5, 5.41) is 14.0. The molecule has 0 spiro atoms. The van der Waals surface area contributed by atoms with Crippen LogP contribution >= 0.6 is 0 Å². The fourth-order valence-electron chi connectivity index (χ4n) is 7.75. The quantitative estimate of drug-likeness (QED) is 0.0782. The molecule has 4 bridgehead atoms. The van der Waals surface area contributed by atoms with Crippen LogP contribution in [0.4, 0.5) is 0 Å². The van der Waals surface area contributed by atoms with Gasteiger partial charge in [0.15, 0.2) is 11.6 Å². The summed E-state index contributed by atoms with van der Waals surface area (Å²) in [5.41, 5.74) is 13.6. The lowest BCUT2D eigenvalue weighted by molar-refractivity contribution is -0.144. The normalized spacial score (nSPS) is 17.7. The van der Waals surface area contributed by atoms with Crippen molar-refractivity contribution in [2.24, 2.45) is 23.3 Å². The van der Waals surface area contributed by atoms with Crippen LogP contribution < -0.4 is 21.5 Å². The second-order valence-electron chi connectivity index (χ2n) is 16.1. The first-order chi connectivity index (χ1) is 27.4. The minimum atomic E-state index is -1.12. The summed E-state index contributed by atoms with van der Waals surface area (Å²) in [7, 11) is 1.57. The third-order valence-corrected chi connectivity index (χ3v) is 11.2. The number of nitrogens with one attached hydrogen (secondary N) is 1. The highest BCUT2D eigenvalue weighted by Gasteiger charge is 2.35. The van der Waals surface area contributed by atoms with Gasteiger partial charge < -0.3 is 31.5 Å². The third-order valence-electron chi connectivity index (χ3n) is 11.2. The molecule has 2 amide bonds. The lowest BCUT2D eigenvalue weighted by Crippen LogP contribution is -2.45. The van der Waals surface area contributed by atoms with Gasteiger partial charge in [-0.05, 0) is 74.5 Å². The van der Waals surface area contributed by atoms with E-state index in [4.69, 9.17) is 16.2 Å². The van der Waals surface area contributed by atoms with Crippen LogP contribution in [0.3, 0.4) is 0 Å². The molecule has 1 aliphatic rings. The molecule has 0 aromatic heterocycles. The molecule has 316 valence electrons. The minimum absolute atomic E-state index is 0.0344. The lowest BCUT2D eigenvalue weighted by Gasteiger charge is -2.32. The number of Topliss-reactive ketones (excluding diaryl/α,β-unsaturated/α-hetero) is 3. The van der Waals surface area contributed by atoms with E-state index >= 15 is 0 Å². The Labute approximate surface area is 341 Å². The SMILES string of the molecule is CCCCCCCCCCCCCC(=O)C[C@@H](CCCCN)C(=O)N(C)[C@@H]1C(=O)C[C@@H](C)C(=O)N[C@H](C(C)=O)Cc2ccc(O)c(c2)-c2cc1ccc2OCCN. The molecule has 0 saturated carbocycles. The van der Waals surface area contributed by atoms with Crippen LogP contribution in [0.15, 0.2) is 36.4 Å². The summed E-state index contributed by atoms with van der Waals surface area (Å²) < 4.78 is 6.01. The van der Waals surface area contributed by atoms with E-state index in [0.29, 0.717) is 60.2 Å². The van der Waals surface area contributed by atoms with Crippen LogP contribution in [-0.4, -0.2) is 72.0 Å².